The van der Waals surface area contributed by atoms with Crippen molar-refractivity contribution >= 4 is 5.97 Å². The molecule has 0 aromatic rings. The van der Waals surface area contributed by atoms with Gasteiger partial charge in [0.1, 0.15) is 6.61 Å². The number of hydrogen-bond donors (Lipinski definition) is 0. The van der Waals surface area contributed by atoms with Gasteiger partial charge in [-0.25, -0.2) is 0 Å². The molecule has 0 aromatic heterocycles. The first kappa shape index (κ1) is 19.1. The van der Waals surface area contributed by atoms with Crippen molar-refractivity contribution in [3.8, 4) is 0 Å². The molecule has 144 valence electrons. The number of esters is 1. The molecule has 5 heteroatoms. The van der Waals surface area contributed by atoms with E-state index in [1.807, 2.05) is 0 Å². The summed E-state index contributed by atoms with van der Waals surface area (Å²) in [6.07, 6.45) is 9.18. The van der Waals surface area contributed by atoms with E-state index in [-0.39, 0.29) is 5.97 Å². The van der Waals surface area contributed by atoms with Crippen LogP contribution in [0.25, 0.3) is 0 Å². The van der Waals surface area contributed by atoms with Gasteiger partial charge in [-0.2, -0.15) is 0 Å². The van der Waals surface area contributed by atoms with Crippen LogP contribution in [-0.4, -0.2) is 86.7 Å². The van der Waals surface area contributed by atoms with Gasteiger partial charge in [0.2, 0.25) is 0 Å². The zero-order valence-corrected chi connectivity index (χ0v) is 16.1. The number of carbonyl (C=O) groups is 1. The third-order valence-corrected chi connectivity index (χ3v) is 6.53. The van der Waals surface area contributed by atoms with Crippen molar-refractivity contribution in [3.63, 3.8) is 0 Å². The summed E-state index contributed by atoms with van der Waals surface area (Å²) in [6.45, 7) is 8.94. The van der Waals surface area contributed by atoms with Gasteiger partial charge in [0.25, 0.3) is 0 Å². The van der Waals surface area contributed by atoms with Crippen LogP contribution in [0.3, 0.4) is 0 Å². The van der Waals surface area contributed by atoms with E-state index in [1.54, 1.807) is 0 Å². The second-order valence-corrected chi connectivity index (χ2v) is 8.38. The minimum Gasteiger partial charge on any atom is -0.463 e. The summed E-state index contributed by atoms with van der Waals surface area (Å²) >= 11 is 0. The SMILES string of the molecule is CN1CCC(C2CCN(CC(=O)OCCN3CCCCC3)CC2)CC1. The van der Waals surface area contributed by atoms with Crippen LogP contribution in [0.1, 0.15) is 44.9 Å². The van der Waals surface area contributed by atoms with Crippen molar-refractivity contribution in [2.45, 2.75) is 44.9 Å². The molecule has 0 amide bonds. The van der Waals surface area contributed by atoms with Crippen LogP contribution < -0.4 is 0 Å². The lowest BCUT2D eigenvalue weighted by Crippen LogP contribution is -2.42. The maximum Gasteiger partial charge on any atom is 0.320 e. The minimum atomic E-state index is -0.0326. The highest BCUT2D eigenvalue weighted by Gasteiger charge is 2.29. The van der Waals surface area contributed by atoms with Crippen molar-refractivity contribution < 1.29 is 9.53 Å². The normalized spacial score (nSPS) is 26.0. The summed E-state index contributed by atoms with van der Waals surface area (Å²) < 4.78 is 5.47. The van der Waals surface area contributed by atoms with Gasteiger partial charge in [0.15, 0.2) is 0 Å². The molecule has 0 aromatic carbocycles. The third-order valence-electron chi connectivity index (χ3n) is 6.53. The zero-order chi connectivity index (χ0) is 17.5. The van der Waals surface area contributed by atoms with Gasteiger partial charge >= 0.3 is 5.97 Å². The molecule has 3 rings (SSSR count). The Kier molecular flexibility index (Phi) is 7.56. The fraction of sp³-hybridized carbons (Fsp3) is 0.950. The number of likely N-dealkylation sites (tertiary alicyclic amines) is 3. The first-order valence-electron chi connectivity index (χ1n) is 10.5. The Morgan fingerprint density at radius 1 is 0.840 bits per heavy atom. The van der Waals surface area contributed by atoms with E-state index < -0.39 is 0 Å². The molecule has 3 fully saturated rings. The second-order valence-electron chi connectivity index (χ2n) is 8.38. The molecule has 3 aliphatic rings. The molecule has 3 saturated heterocycles. The van der Waals surface area contributed by atoms with Crippen molar-refractivity contribution in [2.75, 3.05) is 66.0 Å². The van der Waals surface area contributed by atoms with Crippen molar-refractivity contribution in [3.05, 3.63) is 0 Å². The molecule has 0 saturated carbocycles. The van der Waals surface area contributed by atoms with Crippen LogP contribution in [0.2, 0.25) is 0 Å². The Morgan fingerprint density at radius 3 is 2.08 bits per heavy atom. The number of carbonyl (C=O) groups excluding carboxylic acids is 1. The zero-order valence-electron chi connectivity index (χ0n) is 16.1. The molecule has 0 atom stereocenters. The average molecular weight is 352 g/mol. The lowest BCUT2D eigenvalue weighted by atomic mass is 9.79. The van der Waals surface area contributed by atoms with Crippen molar-refractivity contribution in [1.29, 1.82) is 0 Å². The second kappa shape index (κ2) is 9.89. The summed E-state index contributed by atoms with van der Waals surface area (Å²) in [7, 11) is 2.23. The highest BCUT2D eigenvalue weighted by molar-refractivity contribution is 5.71. The van der Waals surface area contributed by atoms with E-state index in [0.29, 0.717) is 13.2 Å². The van der Waals surface area contributed by atoms with Crippen LogP contribution in [0.5, 0.6) is 0 Å². The number of rotatable bonds is 6. The van der Waals surface area contributed by atoms with Gasteiger partial charge in [-0.3, -0.25) is 14.6 Å². The Morgan fingerprint density at radius 2 is 1.44 bits per heavy atom. The summed E-state index contributed by atoms with van der Waals surface area (Å²) in [4.78, 5) is 19.3. The summed E-state index contributed by atoms with van der Waals surface area (Å²) in [5.74, 6) is 1.75. The molecule has 5 nitrogen and oxygen atoms in total. The quantitative estimate of drug-likeness (QED) is 0.685. The van der Waals surface area contributed by atoms with E-state index in [1.165, 1.54) is 71.1 Å². The standard InChI is InChI=1S/C20H37N3O2/c1-21-11-5-18(6-12-21)19-7-13-23(14-8-19)17-20(24)25-16-15-22-9-3-2-4-10-22/h18-19H,2-17H2,1H3. The van der Waals surface area contributed by atoms with E-state index in [4.69, 9.17) is 4.74 Å². The summed E-state index contributed by atoms with van der Waals surface area (Å²) in [6, 6.07) is 0. The van der Waals surface area contributed by atoms with Gasteiger partial charge in [-0.15, -0.1) is 0 Å². The lowest BCUT2D eigenvalue weighted by Gasteiger charge is -2.39. The van der Waals surface area contributed by atoms with Gasteiger partial charge in [0.05, 0.1) is 6.54 Å². The number of ether oxygens (including phenoxy) is 1. The van der Waals surface area contributed by atoms with Gasteiger partial charge < -0.3 is 9.64 Å². The van der Waals surface area contributed by atoms with Crippen molar-refractivity contribution in [1.82, 2.24) is 14.7 Å². The molecular formula is C20H37N3O2. The van der Waals surface area contributed by atoms with Crippen molar-refractivity contribution in [2.24, 2.45) is 11.8 Å². The molecule has 0 unspecified atom stereocenters. The van der Waals surface area contributed by atoms with Gasteiger partial charge in [0, 0.05) is 6.54 Å². The highest BCUT2D eigenvalue weighted by Crippen LogP contribution is 2.32. The maximum absolute atomic E-state index is 12.1. The summed E-state index contributed by atoms with van der Waals surface area (Å²) in [5.41, 5.74) is 0. The van der Waals surface area contributed by atoms with E-state index >= 15 is 0 Å². The van der Waals surface area contributed by atoms with E-state index in [0.717, 1.165) is 31.5 Å². The van der Waals surface area contributed by atoms with Crippen LogP contribution in [0.15, 0.2) is 0 Å². The molecular weight excluding hydrogens is 314 g/mol. The molecule has 0 radical (unpaired) electrons. The molecule has 0 spiro atoms. The number of nitrogens with zero attached hydrogens (tertiary/aromatic N) is 3. The van der Waals surface area contributed by atoms with Gasteiger partial charge in [-0.05, 0) is 96.7 Å². The molecule has 3 heterocycles. The Labute approximate surface area is 153 Å². The first-order chi connectivity index (χ1) is 12.2. The maximum atomic E-state index is 12.1. The Balaban J connectivity index is 1.27. The molecule has 0 bridgehead atoms. The minimum absolute atomic E-state index is 0.0326. The van der Waals surface area contributed by atoms with Crippen LogP contribution in [-0.2, 0) is 9.53 Å². The Hall–Kier alpha value is -0.650. The topological polar surface area (TPSA) is 36.0 Å². The molecule has 0 aliphatic carbocycles. The fourth-order valence-corrected chi connectivity index (χ4v) is 4.78. The van der Waals surface area contributed by atoms with E-state index in [2.05, 4.69) is 21.7 Å². The Bertz CT molecular complexity index is 396. The fourth-order valence-electron chi connectivity index (χ4n) is 4.78. The van der Waals surface area contributed by atoms with Crippen LogP contribution in [0, 0.1) is 11.8 Å². The molecule has 25 heavy (non-hydrogen) atoms. The smallest absolute Gasteiger partial charge is 0.320 e. The van der Waals surface area contributed by atoms with E-state index in [9.17, 15) is 4.79 Å². The number of piperidine rings is 3. The van der Waals surface area contributed by atoms with Crippen LogP contribution >= 0.6 is 0 Å². The van der Waals surface area contributed by atoms with Crippen LogP contribution in [0.4, 0.5) is 0 Å². The first-order valence-corrected chi connectivity index (χ1v) is 10.5. The summed E-state index contributed by atoms with van der Waals surface area (Å²) in [5, 5.41) is 0. The predicted octanol–water partition coefficient (Wildman–Crippen LogP) is 2.07. The lowest BCUT2D eigenvalue weighted by molar-refractivity contribution is -0.145. The molecule has 3 aliphatic heterocycles. The molecule has 0 N–H and O–H groups in total. The third kappa shape index (κ3) is 6.22. The number of hydrogen-bond acceptors (Lipinski definition) is 5. The predicted molar refractivity (Wildman–Crippen MR) is 101 cm³/mol. The monoisotopic (exact) mass is 351 g/mol. The average Bonchev–Trinajstić information content (AvgIpc) is 2.64. The largest absolute Gasteiger partial charge is 0.463 e. The highest BCUT2D eigenvalue weighted by atomic mass is 16.5. The van der Waals surface area contributed by atoms with Gasteiger partial charge in [-0.1, -0.05) is 6.42 Å².